The van der Waals surface area contributed by atoms with E-state index in [2.05, 4.69) is 9.71 Å². The van der Waals surface area contributed by atoms with Crippen LogP contribution in [0.3, 0.4) is 0 Å². The predicted molar refractivity (Wildman–Crippen MR) is 129 cm³/mol. The van der Waals surface area contributed by atoms with Crippen LogP contribution in [-0.4, -0.2) is 59.7 Å². The zero-order chi connectivity index (χ0) is 25.9. The lowest BCUT2D eigenvalue weighted by Crippen LogP contribution is -2.56. The summed E-state index contributed by atoms with van der Waals surface area (Å²) in [6, 6.07) is 14.6. The summed E-state index contributed by atoms with van der Waals surface area (Å²) in [6.07, 6.45) is -1.15. The van der Waals surface area contributed by atoms with E-state index < -0.39 is 34.0 Å². The maximum Gasteiger partial charge on any atom is 0.407 e. The minimum absolute atomic E-state index is 0.0381. The van der Waals surface area contributed by atoms with Gasteiger partial charge in [-0.05, 0) is 49.7 Å². The van der Waals surface area contributed by atoms with Crippen LogP contribution < -0.4 is 14.9 Å². The van der Waals surface area contributed by atoms with Gasteiger partial charge in [0.25, 0.3) is 0 Å². The molecule has 12 heteroatoms. The first-order valence-electron chi connectivity index (χ1n) is 11.2. The standard InChI is InChI=1S/C24H26N4O7S/c1-15-12-16(19-4-2-3-5-21(19)25-15)14-35-17-6-8-18(9-7-17)36(33,34)27-22-10-11-28(24(30)31)13-20(22)23(29)26-32/h2-9,12,20,22,27,32H,10-11,13-14H2,1H3,(H,26,29)(H,30,31)/t20-,22+/m0/s1. The number of rotatable bonds is 7. The van der Waals surface area contributed by atoms with Crippen molar-refractivity contribution < 1.29 is 33.1 Å². The van der Waals surface area contributed by atoms with E-state index in [9.17, 15) is 23.1 Å². The maximum absolute atomic E-state index is 13.0. The summed E-state index contributed by atoms with van der Waals surface area (Å²) in [6.45, 7) is 1.98. The SMILES string of the molecule is Cc1cc(COc2ccc(S(=O)(=O)N[C@@H]3CCN(C(=O)O)C[C@@H]3C(=O)NO)cc2)c2ccccc2n1. The van der Waals surface area contributed by atoms with Crippen LogP contribution in [0.2, 0.25) is 0 Å². The number of nitrogens with zero attached hydrogens (tertiary/aromatic N) is 2. The summed E-state index contributed by atoms with van der Waals surface area (Å²) in [5.41, 5.74) is 4.17. The highest BCUT2D eigenvalue weighted by molar-refractivity contribution is 7.89. The van der Waals surface area contributed by atoms with Gasteiger partial charge in [0.2, 0.25) is 15.9 Å². The first-order valence-corrected chi connectivity index (χ1v) is 12.7. The zero-order valence-corrected chi connectivity index (χ0v) is 20.2. The molecule has 2 aromatic carbocycles. The monoisotopic (exact) mass is 514 g/mol. The Hall–Kier alpha value is -3.74. The number of hydroxylamine groups is 1. The largest absolute Gasteiger partial charge is 0.489 e. The van der Waals surface area contributed by atoms with Gasteiger partial charge in [-0.25, -0.2) is 23.4 Å². The maximum atomic E-state index is 13.0. The highest BCUT2D eigenvalue weighted by atomic mass is 32.2. The van der Waals surface area contributed by atoms with Crippen LogP contribution in [0, 0.1) is 12.8 Å². The summed E-state index contributed by atoms with van der Waals surface area (Å²) >= 11 is 0. The van der Waals surface area contributed by atoms with Crippen molar-refractivity contribution in [2.75, 3.05) is 13.1 Å². The molecule has 4 rings (SSSR count). The summed E-state index contributed by atoms with van der Waals surface area (Å²) in [4.78, 5) is 28.8. The molecule has 36 heavy (non-hydrogen) atoms. The molecule has 0 saturated carbocycles. The Bertz CT molecular complexity index is 1380. The van der Waals surface area contributed by atoms with Crippen LogP contribution in [0.5, 0.6) is 5.75 Å². The molecule has 2 atom stereocenters. The number of sulfonamides is 1. The lowest BCUT2D eigenvalue weighted by molar-refractivity contribution is -0.135. The molecule has 0 spiro atoms. The van der Waals surface area contributed by atoms with Crippen molar-refractivity contribution in [1.82, 2.24) is 20.1 Å². The van der Waals surface area contributed by atoms with E-state index in [1.165, 1.54) is 29.7 Å². The Morgan fingerprint density at radius 3 is 2.58 bits per heavy atom. The van der Waals surface area contributed by atoms with Gasteiger partial charge in [0.05, 0.1) is 16.3 Å². The second-order valence-corrected chi connectivity index (χ2v) is 10.2. The summed E-state index contributed by atoms with van der Waals surface area (Å²) in [7, 11) is -4.03. The highest BCUT2D eigenvalue weighted by Gasteiger charge is 2.38. The number of likely N-dealkylation sites (tertiary alicyclic amines) is 1. The lowest BCUT2D eigenvalue weighted by atomic mass is 9.92. The van der Waals surface area contributed by atoms with Crippen LogP contribution >= 0.6 is 0 Å². The number of nitrogens with one attached hydrogen (secondary N) is 2. The molecular weight excluding hydrogens is 488 g/mol. The minimum atomic E-state index is -4.03. The number of para-hydroxylation sites is 1. The van der Waals surface area contributed by atoms with Crippen molar-refractivity contribution in [3.63, 3.8) is 0 Å². The number of fused-ring (bicyclic) bond motifs is 1. The van der Waals surface area contributed by atoms with Gasteiger partial charge in [0.1, 0.15) is 12.4 Å². The van der Waals surface area contributed by atoms with Crippen molar-refractivity contribution in [2.45, 2.75) is 30.9 Å². The number of carbonyl (C=O) groups excluding carboxylic acids is 1. The van der Waals surface area contributed by atoms with Gasteiger partial charge in [-0.1, -0.05) is 18.2 Å². The fourth-order valence-electron chi connectivity index (χ4n) is 4.27. The number of aromatic nitrogens is 1. The number of benzene rings is 2. The van der Waals surface area contributed by atoms with Gasteiger partial charge in [-0.15, -0.1) is 0 Å². The van der Waals surface area contributed by atoms with Crippen molar-refractivity contribution >= 4 is 32.9 Å². The van der Waals surface area contributed by atoms with Gasteiger partial charge < -0.3 is 14.7 Å². The molecule has 1 saturated heterocycles. The summed E-state index contributed by atoms with van der Waals surface area (Å²) < 4.78 is 34.3. The Morgan fingerprint density at radius 2 is 1.89 bits per heavy atom. The van der Waals surface area contributed by atoms with Gasteiger partial charge in [0.15, 0.2) is 0 Å². The van der Waals surface area contributed by atoms with Crippen LogP contribution in [0.4, 0.5) is 4.79 Å². The Balaban J connectivity index is 1.45. The Kier molecular flexibility index (Phi) is 7.38. The van der Waals surface area contributed by atoms with E-state index in [4.69, 9.17) is 9.94 Å². The lowest BCUT2D eigenvalue weighted by Gasteiger charge is -2.36. The van der Waals surface area contributed by atoms with Crippen molar-refractivity contribution in [2.24, 2.45) is 5.92 Å². The smallest absolute Gasteiger partial charge is 0.407 e. The highest BCUT2D eigenvalue weighted by Crippen LogP contribution is 2.24. The third kappa shape index (κ3) is 5.56. The molecular formula is C24H26N4O7S. The molecule has 1 aliphatic heterocycles. The van der Waals surface area contributed by atoms with E-state index >= 15 is 0 Å². The third-order valence-electron chi connectivity index (χ3n) is 6.10. The molecule has 0 unspecified atom stereocenters. The fourth-order valence-corrected chi connectivity index (χ4v) is 5.58. The first-order chi connectivity index (χ1) is 17.2. The van der Waals surface area contributed by atoms with Crippen LogP contribution in [-0.2, 0) is 21.4 Å². The number of pyridine rings is 1. The fraction of sp³-hybridized carbons (Fsp3) is 0.292. The minimum Gasteiger partial charge on any atom is -0.489 e. The van der Waals surface area contributed by atoms with E-state index in [0.717, 1.165) is 27.1 Å². The molecule has 0 bridgehead atoms. The molecule has 1 fully saturated rings. The normalized spacial score (nSPS) is 18.1. The molecule has 2 amide bonds. The average Bonchev–Trinajstić information content (AvgIpc) is 2.86. The average molecular weight is 515 g/mol. The number of piperidine rings is 1. The number of hydrogen-bond donors (Lipinski definition) is 4. The van der Waals surface area contributed by atoms with E-state index in [1.54, 1.807) is 0 Å². The van der Waals surface area contributed by atoms with Gasteiger partial charge in [0, 0.05) is 35.8 Å². The molecule has 190 valence electrons. The molecule has 0 radical (unpaired) electrons. The topological polar surface area (TPSA) is 158 Å². The molecule has 1 aliphatic rings. The second kappa shape index (κ2) is 10.5. The van der Waals surface area contributed by atoms with E-state index in [1.807, 2.05) is 37.3 Å². The zero-order valence-electron chi connectivity index (χ0n) is 19.4. The number of amides is 2. The second-order valence-electron chi connectivity index (χ2n) is 8.53. The van der Waals surface area contributed by atoms with E-state index in [0.29, 0.717) is 5.75 Å². The van der Waals surface area contributed by atoms with Crippen molar-refractivity contribution in [1.29, 1.82) is 0 Å². The van der Waals surface area contributed by atoms with Crippen LogP contribution in [0.15, 0.2) is 59.5 Å². The first kappa shape index (κ1) is 25.4. The quantitative estimate of drug-likeness (QED) is 0.276. The number of carboxylic acid groups (broad SMARTS) is 1. The van der Waals surface area contributed by atoms with E-state index in [-0.39, 0.29) is 31.0 Å². The van der Waals surface area contributed by atoms with Gasteiger partial charge in [-0.3, -0.25) is 15.0 Å². The molecule has 2 heterocycles. The van der Waals surface area contributed by atoms with Crippen LogP contribution in [0.1, 0.15) is 17.7 Å². The van der Waals surface area contributed by atoms with Crippen molar-refractivity contribution in [3.8, 4) is 5.75 Å². The predicted octanol–water partition coefficient (Wildman–Crippen LogP) is 2.27. The van der Waals surface area contributed by atoms with Crippen LogP contribution in [0.25, 0.3) is 10.9 Å². The number of carbonyl (C=O) groups is 2. The molecule has 11 nitrogen and oxygen atoms in total. The molecule has 3 aromatic rings. The molecule has 0 aliphatic carbocycles. The summed E-state index contributed by atoms with van der Waals surface area (Å²) in [5.74, 6) is -1.48. The molecule has 1 aromatic heterocycles. The number of aryl methyl sites for hydroxylation is 1. The Morgan fingerprint density at radius 1 is 1.17 bits per heavy atom. The van der Waals surface area contributed by atoms with Crippen molar-refractivity contribution in [3.05, 3.63) is 65.9 Å². The van der Waals surface area contributed by atoms with Gasteiger partial charge >= 0.3 is 6.09 Å². The number of ether oxygens (including phenoxy) is 1. The third-order valence-corrected chi connectivity index (χ3v) is 7.60. The van der Waals surface area contributed by atoms with Gasteiger partial charge in [-0.2, -0.15) is 0 Å². The Labute approximate surface area is 207 Å². The number of hydrogen-bond acceptors (Lipinski definition) is 7. The molecule has 4 N–H and O–H groups in total. The summed E-state index contributed by atoms with van der Waals surface area (Å²) in [5, 5.41) is 19.2.